The lowest BCUT2D eigenvalue weighted by Gasteiger charge is -2.37. The van der Waals surface area contributed by atoms with Crippen molar-refractivity contribution < 1.29 is 17.6 Å². The highest BCUT2D eigenvalue weighted by Crippen LogP contribution is 2.40. The van der Waals surface area contributed by atoms with Gasteiger partial charge in [-0.2, -0.15) is 13.2 Å². The van der Waals surface area contributed by atoms with Gasteiger partial charge in [0.05, 0.1) is 5.56 Å². The first-order valence-electron chi connectivity index (χ1n) is 7.61. The van der Waals surface area contributed by atoms with Gasteiger partial charge in [-0.1, -0.05) is 19.9 Å². The molecule has 2 nitrogen and oxygen atoms in total. The van der Waals surface area contributed by atoms with Gasteiger partial charge in [0.15, 0.2) is 0 Å². The summed E-state index contributed by atoms with van der Waals surface area (Å²) in [6, 6.07) is 2.69. The van der Waals surface area contributed by atoms with Crippen molar-refractivity contribution in [3.05, 3.63) is 35.1 Å². The highest BCUT2D eigenvalue weighted by Gasteiger charge is 2.38. The van der Waals surface area contributed by atoms with E-state index in [1.165, 1.54) is 0 Å². The number of piperazine rings is 1. The monoisotopic (exact) mass is 390 g/mol. The Morgan fingerprint density at radius 3 is 2.21 bits per heavy atom. The summed E-state index contributed by atoms with van der Waals surface area (Å²) in [5.74, 6) is -0.584. The maximum Gasteiger partial charge on any atom is 0.416 e. The number of hydrogen-bond acceptors (Lipinski definition) is 2. The van der Waals surface area contributed by atoms with Crippen LogP contribution in [-0.2, 0) is 6.18 Å². The van der Waals surface area contributed by atoms with Gasteiger partial charge in [-0.05, 0) is 24.5 Å². The molecule has 1 aliphatic heterocycles. The lowest BCUT2D eigenvalue weighted by atomic mass is 9.91. The van der Waals surface area contributed by atoms with Gasteiger partial charge in [-0.25, -0.2) is 4.39 Å². The van der Waals surface area contributed by atoms with Crippen molar-refractivity contribution in [3.63, 3.8) is 0 Å². The number of hydrogen-bond donors (Lipinski definition) is 1. The molecule has 1 aromatic carbocycles. The van der Waals surface area contributed by atoms with E-state index >= 15 is 0 Å². The summed E-state index contributed by atoms with van der Waals surface area (Å²) in [5, 5.41) is 3.18. The molecule has 0 aromatic heterocycles. The lowest BCUT2D eigenvalue weighted by Crippen LogP contribution is -2.46. The summed E-state index contributed by atoms with van der Waals surface area (Å²) in [5.41, 5.74) is -1.05. The molecule has 0 saturated carbocycles. The Kier molecular flexibility index (Phi) is 9.57. The largest absolute Gasteiger partial charge is 0.416 e. The number of benzene rings is 1. The average Bonchev–Trinajstić information content (AvgIpc) is 2.44. The van der Waals surface area contributed by atoms with Crippen LogP contribution in [0.5, 0.6) is 0 Å². The van der Waals surface area contributed by atoms with Crippen LogP contribution >= 0.6 is 24.8 Å². The van der Waals surface area contributed by atoms with Gasteiger partial charge in [-0.3, -0.25) is 4.90 Å². The van der Waals surface area contributed by atoms with Gasteiger partial charge in [0.2, 0.25) is 0 Å². The third kappa shape index (κ3) is 5.76. The lowest BCUT2D eigenvalue weighted by molar-refractivity contribution is -0.139. The minimum Gasteiger partial charge on any atom is -0.314 e. The van der Waals surface area contributed by atoms with Gasteiger partial charge in [0.25, 0.3) is 0 Å². The number of alkyl halides is 3. The van der Waals surface area contributed by atoms with Gasteiger partial charge in [0.1, 0.15) is 5.82 Å². The van der Waals surface area contributed by atoms with Crippen LogP contribution in [0.15, 0.2) is 18.2 Å². The maximum atomic E-state index is 14.3. The average molecular weight is 391 g/mol. The molecule has 0 amide bonds. The van der Waals surface area contributed by atoms with Crippen LogP contribution in [0.1, 0.15) is 37.4 Å². The summed E-state index contributed by atoms with van der Waals surface area (Å²) in [7, 11) is 0. The van der Waals surface area contributed by atoms with E-state index < -0.39 is 23.6 Å². The first-order valence-corrected chi connectivity index (χ1v) is 7.61. The second-order valence-corrected chi connectivity index (χ2v) is 6.13. The van der Waals surface area contributed by atoms with E-state index in [0.29, 0.717) is 32.6 Å². The molecule has 1 heterocycles. The Bertz CT molecular complexity index is 503. The smallest absolute Gasteiger partial charge is 0.314 e. The van der Waals surface area contributed by atoms with Crippen molar-refractivity contribution in [1.29, 1.82) is 0 Å². The van der Waals surface area contributed by atoms with E-state index in [4.69, 9.17) is 0 Å². The van der Waals surface area contributed by atoms with Crippen molar-refractivity contribution in [2.24, 2.45) is 5.92 Å². The Morgan fingerprint density at radius 1 is 1.12 bits per heavy atom. The first-order chi connectivity index (χ1) is 10.3. The normalized spacial score (nSPS) is 17.1. The predicted octanol–water partition coefficient (Wildman–Crippen LogP) is 4.68. The van der Waals surface area contributed by atoms with E-state index in [0.717, 1.165) is 18.2 Å². The third-order valence-electron chi connectivity index (χ3n) is 3.98. The number of nitrogens with one attached hydrogen (secondary N) is 1. The second-order valence-electron chi connectivity index (χ2n) is 6.13. The summed E-state index contributed by atoms with van der Waals surface area (Å²) in [4.78, 5) is 1.96. The molecule has 8 heteroatoms. The molecule has 1 fully saturated rings. The van der Waals surface area contributed by atoms with Crippen molar-refractivity contribution in [3.8, 4) is 0 Å². The van der Waals surface area contributed by atoms with Crippen molar-refractivity contribution >= 4 is 24.8 Å². The molecule has 140 valence electrons. The Labute approximate surface area is 152 Å². The SMILES string of the molecule is CC(C)C[C@@H](c1c(F)cccc1C(F)(F)F)N1CCNCC1.Cl.Cl. The number of halogens is 6. The van der Waals surface area contributed by atoms with Crippen LogP contribution in [0.4, 0.5) is 17.6 Å². The minimum atomic E-state index is -4.54. The molecule has 1 saturated heterocycles. The fourth-order valence-electron chi connectivity index (χ4n) is 3.01. The van der Waals surface area contributed by atoms with Gasteiger partial charge < -0.3 is 5.32 Å². The van der Waals surface area contributed by atoms with E-state index in [1.807, 2.05) is 18.7 Å². The molecule has 24 heavy (non-hydrogen) atoms. The second kappa shape index (κ2) is 9.80. The number of rotatable bonds is 4. The molecule has 1 N–H and O–H groups in total. The van der Waals surface area contributed by atoms with Crippen molar-refractivity contribution in [2.75, 3.05) is 26.2 Å². The zero-order valence-corrected chi connectivity index (χ0v) is 15.3. The Hall–Kier alpha value is -0.560. The maximum absolute atomic E-state index is 14.3. The molecule has 0 aliphatic carbocycles. The molecule has 1 aliphatic rings. The van der Waals surface area contributed by atoms with Crippen LogP contribution in [0.2, 0.25) is 0 Å². The van der Waals surface area contributed by atoms with E-state index in [-0.39, 0.29) is 36.3 Å². The van der Waals surface area contributed by atoms with Crippen LogP contribution in [0.3, 0.4) is 0 Å². The van der Waals surface area contributed by atoms with Gasteiger partial charge in [0, 0.05) is 37.8 Å². The van der Waals surface area contributed by atoms with E-state index in [9.17, 15) is 17.6 Å². The van der Waals surface area contributed by atoms with Crippen molar-refractivity contribution in [2.45, 2.75) is 32.5 Å². The molecular weight excluding hydrogens is 367 g/mol. The van der Waals surface area contributed by atoms with E-state index in [2.05, 4.69) is 5.32 Å². The molecule has 0 unspecified atom stereocenters. The number of nitrogens with zero attached hydrogens (tertiary/aromatic N) is 1. The molecular formula is C16H24Cl2F4N2. The first kappa shape index (κ1) is 23.4. The summed E-state index contributed by atoms with van der Waals surface area (Å²) in [6.45, 7) is 6.58. The Balaban J connectivity index is 0.00000264. The summed E-state index contributed by atoms with van der Waals surface area (Å²) < 4.78 is 54.2. The van der Waals surface area contributed by atoms with Crippen LogP contribution < -0.4 is 5.32 Å². The minimum absolute atomic E-state index is 0. The Morgan fingerprint density at radius 2 is 1.71 bits per heavy atom. The highest BCUT2D eigenvalue weighted by atomic mass is 35.5. The molecule has 2 rings (SSSR count). The molecule has 0 spiro atoms. The van der Waals surface area contributed by atoms with Crippen LogP contribution in [0.25, 0.3) is 0 Å². The highest BCUT2D eigenvalue weighted by molar-refractivity contribution is 5.85. The van der Waals surface area contributed by atoms with Gasteiger partial charge in [-0.15, -0.1) is 24.8 Å². The fourth-order valence-corrected chi connectivity index (χ4v) is 3.01. The quantitative estimate of drug-likeness (QED) is 0.750. The molecule has 1 atom stereocenters. The summed E-state index contributed by atoms with van der Waals surface area (Å²) in [6.07, 6.45) is -4.04. The molecule has 1 aromatic rings. The predicted molar refractivity (Wildman–Crippen MR) is 92.5 cm³/mol. The van der Waals surface area contributed by atoms with E-state index in [1.54, 1.807) is 0 Å². The van der Waals surface area contributed by atoms with Crippen LogP contribution in [-0.4, -0.2) is 31.1 Å². The molecule has 0 radical (unpaired) electrons. The standard InChI is InChI=1S/C16H22F4N2.2ClH/c1-11(2)10-14(22-8-6-21-7-9-22)15-12(16(18,19)20)4-3-5-13(15)17;;/h3-5,11,14,21H,6-10H2,1-2H3;2*1H/t14-;;/m0../s1. The van der Waals surface area contributed by atoms with Crippen molar-refractivity contribution in [1.82, 2.24) is 10.2 Å². The fraction of sp³-hybridized carbons (Fsp3) is 0.625. The topological polar surface area (TPSA) is 15.3 Å². The zero-order valence-electron chi connectivity index (χ0n) is 13.7. The zero-order chi connectivity index (χ0) is 16.3. The van der Waals surface area contributed by atoms with Crippen LogP contribution in [0, 0.1) is 11.7 Å². The summed E-state index contributed by atoms with van der Waals surface area (Å²) >= 11 is 0. The van der Waals surface area contributed by atoms with Gasteiger partial charge >= 0.3 is 6.18 Å². The third-order valence-corrected chi connectivity index (χ3v) is 3.98. The molecule has 0 bridgehead atoms.